The van der Waals surface area contributed by atoms with Gasteiger partial charge in [0.25, 0.3) is 0 Å². The maximum atomic E-state index is 9.58. The van der Waals surface area contributed by atoms with E-state index in [9.17, 15) is 5.11 Å². The molecule has 1 heterocycles. The largest absolute Gasteiger partial charge is 0.396 e. The van der Waals surface area contributed by atoms with Crippen molar-refractivity contribution in [3.8, 4) is 0 Å². The van der Waals surface area contributed by atoms with Crippen LogP contribution < -0.4 is 5.32 Å². The van der Waals surface area contributed by atoms with Gasteiger partial charge in [0.2, 0.25) is 0 Å². The SMILES string of the molecule is CCC(CC)(CO)CNc1cc(C)nc(C(C)C)n1. The van der Waals surface area contributed by atoms with Crippen molar-refractivity contribution in [2.75, 3.05) is 18.5 Å². The second kappa shape index (κ2) is 6.85. The second-order valence-electron chi connectivity index (χ2n) is 5.63. The molecule has 0 amide bonds. The van der Waals surface area contributed by atoms with Gasteiger partial charge in [0.1, 0.15) is 11.6 Å². The molecule has 0 spiro atoms. The number of nitrogens with zero attached hydrogens (tertiary/aromatic N) is 2. The van der Waals surface area contributed by atoms with Crippen LogP contribution in [0.15, 0.2) is 6.07 Å². The molecule has 2 N–H and O–H groups in total. The van der Waals surface area contributed by atoms with Gasteiger partial charge in [-0.3, -0.25) is 0 Å². The van der Waals surface area contributed by atoms with Gasteiger partial charge in [0, 0.05) is 29.6 Å². The summed E-state index contributed by atoms with van der Waals surface area (Å²) in [5.41, 5.74) is 0.917. The third-order valence-electron chi connectivity index (χ3n) is 3.87. The molecular formula is C15H27N3O. The number of hydrogen-bond acceptors (Lipinski definition) is 4. The molecule has 4 nitrogen and oxygen atoms in total. The van der Waals surface area contributed by atoms with Crippen molar-refractivity contribution in [2.45, 2.75) is 53.4 Å². The minimum absolute atomic E-state index is 0.0587. The van der Waals surface area contributed by atoms with Gasteiger partial charge in [-0.1, -0.05) is 27.7 Å². The van der Waals surface area contributed by atoms with Gasteiger partial charge < -0.3 is 10.4 Å². The number of aliphatic hydroxyl groups excluding tert-OH is 1. The third kappa shape index (κ3) is 4.16. The zero-order valence-electron chi connectivity index (χ0n) is 12.8. The Bertz CT molecular complexity index is 392. The van der Waals surface area contributed by atoms with Crippen molar-refractivity contribution in [3.63, 3.8) is 0 Å². The highest BCUT2D eigenvalue weighted by Gasteiger charge is 2.25. The summed E-state index contributed by atoms with van der Waals surface area (Å²) in [4.78, 5) is 8.97. The van der Waals surface area contributed by atoms with Crippen LogP contribution in [0.25, 0.3) is 0 Å². The minimum Gasteiger partial charge on any atom is -0.396 e. The lowest BCUT2D eigenvalue weighted by molar-refractivity contribution is 0.127. The Labute approximate surface area is 116 Å². The first-order valence-electron chi connectivity index (χ1n) is 7.16. The van der Waals surface area contributed by atoms with Crippen LogP contribution in [-0.2, 0) is 0 Å². The molecule has 1 rings (SSSR count). The van der Waals surface area contributed by atoms with Gasteiger partial charge in [-0.15, -0.1) is 0 Å². The van der Waals surface area contributed by atoms with E-state index in [0.29, 0.717) is 5.92 Å². The molecule has 0 aliphatic heterocycles. The summed E-state index contributed by atoms with van der Waals surface area (Å²) in [5.74, 6) is 2.04. The fourth-order valence-corrected chi connectivity index (χ4v) is 2.00. The van der Waals surface area contributed by atoms with Crippen LogP contribution in [0.1, 0.15) is 58.0 Å². The number of aliphatic hydroxyl groups is 1. The normalized spacial score (nSPS) is 11.9. The summed E-state index contributed by atoms with van der Waals surface area (Å²) in [7, 11) is 0. The molecule has 0 bridgehead atoms. The second-order valence-corrected chi connectivity index (χ2v) is 5.63. The zero-order valence-corrected chi connectivity index (χ0v) is 12.8. The molecule has 0 saturated carbocycles. The van der Waals surface area contributed by atoms with Crippen LogP contribution in [0.2, 0.25) is 0 Å². The first-order valence-corrected chi connectivity index (χ1v) is 7.16. The highest BCUT2D eigenvalue weighted by Crippen LogP contribution is 2.26. The highest BCUT2D eigenvalue weighted by molar-refractivity contribution is 5.36. The first kappa shape index (κ1) is 15.9. The number of nitrogens with one attached hydrogen (secondary N) is 1. The van der Waals surface area contributed by atoms with Crippen molar-refractivity contribution >= 4 is 5.82 Å². The predicted octanol–water partition coefficient (Wildman–Crippen LogP) is 3.12. The molecule has 0 atom stereocenters. The van der Waals surface area contributed by atoms with Gasteiger partial charge >= 0.3 is 0 Å². The first-order chi connectivity index (χ1) is 8.96. The topological polar surface area (TPSA) is 58.0 Å². The Hall–Kier alpha value is -1.16. The molecule has 0 aliphatic rings. The number of hydrogen-bond donors (Lipinski definition) is 2. The maximum Gasteiger partial charge on any atom is 0.133 e. The van der Waals surface area contributed by atoms with Crippen molar-refractivity contribution in [1.82, 2.24) is 9.97 Å². The van der Waals surface area contributed by atoms with E-state index in [2.05, 4.69) is 43.0 Å². The van der Waals surface area contributed by atoms with Crippen LogP contribution in [0.5, 0.6) is 0 Å². The molecular weight excluding hydrogens is 238 g/mol. The Morgan fingerprint density at radius 1 is 1.26 bits per heavy atom. The molecule has 0 aromatic carbocycles. The van der Waals surface area contributed by atoms with E-state index in [1.54, 1.807) is 0 Å². The lowest BCUT2D eigenvalue weighted by atomic mass is 9.83. The summed E-state index contributed by atoms with van der Waals surface area (Å²) in [5, 5.41) is 12.9. The van der Waals surface area contributed by atoms with Crippen LogP contribution in [0, 0.1) is 12.3 Å². The van der Waals surface area contributed by atoms with Crippen LogP contribution >= 0.6 is 0 Å². The fraction of sp³-hybridized carbons (Fsp3) is 0.733. The van der Waals surface area contributed by atoms with Gasteiger partial charge in [-0.25, -0.2) is 9.97 Å². The molecule has 1 aromatic heterocycles. The van der Waals surface area contributed by atoms with Crippen LogP contribution in [0.4, 0.5) is 5.82 Å². The number of aromatic nitrogens is 2. The van der Waals surface area contributed by atoms with E-state index >= 15 is 0 Å². The number of anilines is 1. The van der Waals surface area contributed by atoms with E-state index in [1.165, 1.54) is 0 Å². The van der Waals surface area contributed by atoms with Crippen molar-refractivity contribution in [1.29, 1.82) is 0 Å². The van der Waals surface area contributed by atoms with Crippen LogP contribution in [-0.4, -0.2) is 28.2 Å². The molecule has 0 unspecified atom stereocenters. The molecule has 0 radical (unpaired) electrons. The van der Waals surface area contributed by atoms with E-state index in [-0.39, 0.29) is 12.0 Å². The summed E-state index contributed by atoms with van der Waals surface area (Å²) >= 11 is 0. The summed E-state index contributed by atoms with van der Waals surface area (Å²) in [6.45, 7) is 11.3. The third-order valence-corrected chi connectivity index (χ3v) is 3.87. The average Bonchev–Trinajstić information content (AvgIpc) is 2.40. The minimum atomic E-state index is -0.0587. The van der Waals surface area contributed by atoms with Gasteiger partial charge in [-0.2, -0.15) is 0 Å². The Morgan fingerprint density at radius 2 is 1.89 bits per heavy atom. The standard InChI is InChI=1S/C15H27N3O/c1-6-15(7-2,10-19)9-16-13-8-12(5)17-14(18-13)11(3)4/h8,11,19H,6-7,9-10H2,1-5H3,(H,16,17,18). The van der Waals surface area contributed by atoms with Crippen LogP contribution in [0.3, 0.4) is 0 Å². The summed E-state index contributed by atoms with van der Waals surface area (Å²) in [6.07, 6.45) is 1.90. The van der Waals surface area contributed by atoms with Crippen molar-refractivity contribution in [2.24, 2.45) is 5.41 Å². The van der Waals surface area contributed by atoms with E-state index in [1.807, 2.05) is 13.0 Å². The quantitative estimate of drug-likeness (QED) is 0.795. The predicted molar refractivity (Wildman–Crippen MR) is 79.4 cm³/mol. The monoisotopic (exact) mass is 265 g/mol. The number of aryl methyl sites for hydroxylation is 1. The van der Waals surface area contributed by atoms with Gasteiger partial charge in [-0.05, 0) is 19.8 Å². The highest BCUT2D eigenvalue weighted by atomic mass is 16.3. The van der Waals surface area contributed by atoms with Crippen molar-refractivity contribution < 1.29 is 5.11 Å². The lowest BCUT2D eigenvalue weighted by Gasteiger charge is -2.29. The zero-order chi connectivity index (χ0) is 14.5. The fourth-order valence-electron chi connectivity index (χ4n) is 2.00. The van der Waals surface area contributed by atoms with E-state index in [4.69, 9.17) is 0 Å². The van der Waals surface area contributed by atoms with E-state index in [0.717, 1.165) is 36.7 Å². The summed E-state index contributed by atoms with van der Waals surface area (Å²) in [6, 6.07) is 1.96. The molecule has 0 fully saturated rings. The molecule has 0 saturated heterocycles. The molecule has 1 aromatic rings. The molecule has 0 aliphatic carbocycles. The molecule has 108 valence electrons. The average molecular weight is 265 g/mol. The lowest BCUT2D eigenvalue weighted by Crippen LogP contribution is -2.32. The summed E-state index contributed by atoms with van der Waals surface area (Å²) < 4.78 is 0. The molecule has 4 heteroatoms. The van der Waals surface area contributed by atoms with Gasteiger partial charge in [0.15, 0.2) is 0 Å². The maximum absolute atomic E-state index is 9.58. The van der Waals surface area contributed by atoms with E-state index < -0.39 is 0 Å². The Morgan fingerprint density at radius 3 is 2.37 bits per heavy atom. The van der Waals surface area contributed by atoms with Gasteiger partial charge in [0.05, 0.1) is 6.61 Å². The Kier molecular flexibility index (Phi) is 5.73. The molecule has 19 heavy (non-hydrogen) atoms. The van der Waals surface area contributed by atoms with Crippen molar-refractivity contribution in [3.05, 3.63) is 17.6 Å². The smallest absolute Gasteiger partial charge is 0.133 e. The number of rotatable bonds is 7. The Balaban J connectivity index is 2.82.